The van der Waals surface area contributed by atoms with Gasteiger partial charge in [-0.25, -0.2) is 5.06 Å². The predicted octanol–water partition coefficient (Wildman–Crippen LogP) is 3.65. The third-order valence-electron chi connectivity index (χ3n) is 2.67. The molecular formula is C15H21NO2. The first-order valence-corrected chi connectivity index (χ1v) is 6.46. The molecule has 0 aliphatic rings. The van der Waals surface area contributed by atoms with Crippen molar-refractivity contribution in [3.05, 3.63) is 48.0 Å². The van der Waals surface area contributed by atoms with Crippen LogP contribution in [0.1, 0.15) is 43.0 Å². The Morgan fingerprint density at radius 1 is 1.22 bits per heavy atom. The lowest BCUT2D eigenvalue weighted by molar-refractivity contribution is -0.0494. The molecule has 3 heteroatoms. The number of benzene rings is 1. The van der Waals surface area contributed by atoms with E-state index in [4.69, 9.17) is 0 Å². The molecule has 0 unspecified atom stereocenters. The van der Waals surface area contributed by atoms with E-state index >= 15 is 0 Å². The van der Waals surface area contributed by atoms with E-state index in [0.29, 0.717) is 5.56 Å². The second-order valence-corrected chi connectivity index (χ2v) is 4.22. The SMILES string of the molecule is CCCCC/C=C/CN(O)C(=O)c1ccccc1. The summed E-state index contributed by atoms with van der Waals surface area (Å²) in [6.45, 7) is 2.40. The lowest BCUT2D eigenvalue weighted by atomic mass is 10.2. The zero-order valence-electron chi connectivity index (χ0n) is 10.9. The van der Waals surface area contributed by atoms with Crippen LogP contribution in [-0.2, 0) is 0 Å². The number of carbonyl (C=O) groups excluding carboxylic acids is 1. The molecular weight excluding hydrogens is 226 g/mol. The first-order valence-electron chi connectivity index (χ1n) is 6.46. The summed E-state index contributed by atoms with van der Waals surface area (Å²) in [5, 5.41) is 10.3. The van der Waals surface area contributed by atoms with E-state index in [1.807, 2.05) is 18.2 Å². The maximum absolute atomic E-state index is 11.8. The lowest BCUT2D eigenvalue weighted by Gasteiger charge is -2.12. The summed E-state index contributed by atoms with van der Waals surface area (Å²) < 4.78 is 0. The topological polar surface area (TPSA) is 40.5 Å². The van der Waals surface area contributed by atoms with Gasteiger partial charge in [-0.2, -0.15) is 0 Å². The molecule has 1 aromatic carbocycles. The monoisotopic (exact) mass is 247 g/mol. The molecule has 0 saturated heterocycles. The van der Waals surface area contributed by atoms with Gasteiger partial charge in [0.25, 0.3) is 5.91 Å². The first kappa shape index (κ1) is 14.5. The molecule has 1 rings (SSSR count). The van der Waals surface area contributed by atoms with Crippen LogP contribution < -0.4 is 0 Å². The Balaban J connectivity index is 2.32. The highest BCUT2D eigenvalue weighted by atomic mass is 16.5. The maximum atomic E-state index is 11.8. The molecule has 0 fully saturated rings. The molecule has 0 aliphatic carbocycles. The number of rotatable bonds is 7. The summed E-state index contributed by atoms with van der Waals surface area (Å²) in [5.74, 6) is -0.367. The van der Waals surface area contributed by atoms with Crippen molar-refractivity contribution in [3.63, 3.8) is 0 Å². The van der Waals surface area contributed by atoms with Gasteiger partial charge in [-0.05, 0) is 25.0 Å². The van der Waals surface area contributed by atoms with Crippen molar-refractivity contribution in [1.29, 1.82) is 0 Å². The van der Waals surface area contributed by atoms with Crippen LogP contribution in [0.15, 0.2) is 42.5 Å². The largest absolute Gasteiger partial charge is 0.285 e. The fraction of sp³-hybridized carbons (Fsp3) is 0.400. The second kappa shape index (κ2) is 8.48. The van der Waals surface area contributed by atoms with Gasteiger partial charge in [0, 0.05) is 5.56 Å². The third kappa shape index (κ3) is 5.15. The van der Waals surface area contributed by atoms with Crippen molar-refractivity contribution in [3.8, 4) is 0 Å². The molecule has 1 amide bonds. The Labute approximate surface area is 109 Å². The van der Waals surface area contributed by atoms with Gasteiger partial charge in [0.2, 0.25) is 0 Å². The minimum Gasteiger partial charge on any atom is -0.285 e. The minimum atomic E-state index is -0.367. The lowest BCUT2D eigenvalue weighted by Crippen LogP contribution is -2.27. The van der Waals surface area contributed by atoms with Crippen molar-refractivity contribution in [1.82, 2.24) is 5.06 Å². The van der Waals surface area contributed by atoms with Gasteiger partial charge >= 0.3 is 0 Å². The fourth-order valence-electron chi connectivity index (χ4n) is 1.62. The number of nitrogens with zero attached hydrogens (tertiary/aromatic N) is 1. The number of allylic oxidation sites excluding steroid dienone is 1. The molecule has 0 radical (unpaired) electrons. The van der Waals surface area contributed by atoms with E-state index in [0.717, 1.165) is 17.9 Å². The van der Waals surface area contributed by atoms with Gasteiger partial charge in [0.05, 0.1) is 6.54 Å². The Morgan fingerprint density at radius 3 is 2.61 bits per heavy atom. The van der Waals surface area contributed by atoms with Crippen molar-refractivity contribution < 1.29 is 10.0 Å². The van der Waals surface area contributed by atoms with Gasteiger partial charge < -0.3 is 0 Å². The van der Waals surface area contributed by atoms with Crippen LogP contribution in [0.25, 0.3) is 0 Å². The zero-order chi connectivity index (χ0) is 13.2. The number of amides is 1. The molecule has 0 saturated carbocycles. The Morgan fingerprint density at radius 2 is 1.94 bits per heavy atom. The minimum absolute atomic E-state index is 0.236. The Hall–Kier alpha value is -1.61. The van der Waals surface area contributed by atoms with E-state index in [1.165, 1.54) is 12.8 Å². The highest BCUT2D eigenvalue weighted by Crippen LogP contribution is 2.03. The molecule has 1 N–H and O–H groups in total. The summed E-state index contributed by atoms with van der Waals surface area (Å²) in [4.78, 5) is 11.8. The highest BCUT2D eigenvalue weighted by molar-refractivity contribution is 5.93. The third-order valence-corrected chi connectivity index (χ3v) is 2.67. The molecule has 18 heavy (non-hydrogen) atoms. The van der Waals surface area contributed by atoms with Crippen molar-refractivity contribution in [2.45, 2.75) is 32.6 Å². The van der Waals surface area contributed by atoms with E-state index < -0.39 is 0 Å². The quantitative estimate of drug-likeness (QED) is 0.346. The van der Waals surface area contributed by atoms with Gasteiger partial charge in [-0.15, -0.1) is 0 Å². The second-order valence-electron chi connectivity index (χ2n) is 4.22. The molecule has 98 valence electrons. The molecule has 0 atom stereocenters. The average Bonchev–Trinajstić information content (AvgIpc) is 2.42. The van der Waals surface area contributed by atoms with E-state index in [1.54, 1.807) is 24.3 Å². The van der Waals surface area contributed by atoms with Gasteiger partial charge in [0.1, 0.15) is 0 Å². The molecule has 3 nitrogen and oxygen atoms in total. The molecule has 0 aliphatic heterocycles. The summed E-state index contributed by atoms with van der Waals surface area (Å²) >= 11 is 0. The van der Waals surface area contributed by atoms with E-state index in [9.17, 15) is 10.0 Å². The normalized spacial score (nSPS) is 10.8. The Bertz CT molecular complexity index is 373. The highest BCUT2D eigenvalue weighted by Gasteiger charge is 2.10. The van der Waals surface area contributed by atoms with Gasteiger partial charge in [-0.3, -0.25) is 10.0 Å². The first-order chi connectivity index (χ1) is 8.75. The van der Waals surface area contributed by atoms with E-state index in [-0.39, 0.29) is 12.5 Å². The number of unbranched alkanes of at least 4 members (excludes halogenated alkanes) is 3. The zero-order valence-corrected chi connectivity index (χ0v) is 10.9. The van der Waals surface area contributed by atoms with Crippen LogP contribution in [0.5, 0.6) is 0 Å². The van der Waals surface area contributed by atoms with Gasteiger partial charge in [0.15, 0.2) is 0 Å². The van der Waals surface area contributed by atoms with Crippen molar-refractivity contribution >= 4 is 5.91 Å². The molecule has 0 aromatic heterocycles. The summed E-state index contributed by atoms with van der Waals surface area (Å²) in [5.41, 5.74) is 0.499. The Kier molecular flexibility index (Phi) is 6.81. The molecule has 1 aromatic rings. The van der Waals surface area contributed by atoms with E-state index in [2.05, 4.69) is 6.92 Å². The number of carbonyl (C=O) groups is 1. The summed E-state index contributed by atoms with van der Waals surface area (Å²) in [7, 11) is 0. The van der Waals surface area contributed by atoms with Crippen LogP contribution in [0.3, 0.4) is 0 Å². The van der Waals surface area contributed by atoms with Crippen LogP contribution >= 0.6 is 0 Å². The maximum Gasteiger partial charge on any atom is 0.277 e. The fourth-order valence-corrected chi connectivity index (χ4v) is 1.62. The van der Waals surface area contributed by atoms with Crippen LogP contribution in [0, 0.1) is 0 Å². The molecule has 0 bridgehead atoms. The van der Waals surface area contributed by atoms with Crippen molar-refractivity contribution in [2.75, 3.05) is 6.54 Å². The number of hydroxylamine groups is 2. The smallest absolute Gasteiger partial charge is 0.277 e. The predicted molar refractivity (Wildman–Crippen MR) is 72.5 cm³/mol. The summed E-state index contributed by atoms with van der Waals surface area (Å²) in [6.07, 6.45) is 8.42. The standard InChI is InChI=1S/C15H21NO2/c1-2-3-4-5-6-10-13-16(18)15(17)14-11-8-7-9-12-14/h6-12,18H,2-5,13H2,1H3/b10-6+. The number of hydrogen-bond acceptors (Lipinski definition) is 2. The van der Waals surface area contributed by atoms with Crippen LogP contribution in [0.2, 0.25) is 0 Å². The molecule has 0 spiro atoms. The van der Waals surface area contributed by atoms with Gasteiger partial charge in [-0.1, -0.05) is 50.1 Å². The van der Waals surface area contributed by atoms with Crippen LogP contribution in [0.4, 0.5) is 0 Å². The van der Waals surface area contributed by atoms with Crippen LogP contribution in [-0.4, -0.2) is 22.7 Å². The van der Waals surface area contributed by atoms with Crippen molar-refractivity contribution in [2.24, 2.45) is 0 Å². The molecule has 0 heterocycles. The number of hydrogen-bond donors (Lipinski definition) is 1. The summed E-state index contributed by atoms with van der Waals surface area (Å²) in [6, 6.07) is 8.78. The average molecular weight is 247 g/mol.